The topological polar surface area (TPSA) is 180 Å². The average Bonchev–Trinajstić information content (AvgIpc) is 2.57. The molecule has 1 aliphatic rings. The zero-order valence-corrected chi connectivity index (χ0v) is 12.7. The molecule has 10 nitrogen and oxygen atoms in total. The maximum absolute atomic E-state index is 9.94. The van der Waals surface area contributed by atoms with Crippen LogP contribution >= 0.6 is 0 Å². The van der Waals surface area contributed by atoms with Crippen molar-refractivity contribution in [3.63, 3.8) is 0 Å². The maximum atomic E-state index is 9.94. The third-order valence-electron chi connectivity index (χ3n) is 3.86. The molecule has 1 heterocycles. The first-order valence-electron chi connectivity index (χ1n) is 7.39. The quantitative estimate of drug-likeness (QED) is 0.215. The summed E-state index contributed by atoms with van der Waals surface area (Å²) in [6, 6.07) is 0. The van der Waals surface area contributed by atoms with Crippen molar-refractivity contribution in [1.82, 2.24) is 0 Å². The minimum atomic E-state index is -1.71. The molecule has 1 fully saturated rings. The maximum Gasteiger partial charge on any atom is 0.187 e. The SMILES string of the molecule is CCC(O)C(OC1OC(CO)C(O)C(O)C1O)C(O)C(O)CO. The first-order valence-corrected chi connectivity index (χ1v) is 7.39. The molecule has 0 aliphatic carbocycles. The highest BCUT2D eigenvalue weighted by atomic mass is 16.7. The van der Waals surface area contributed by atoms with Gasteiger partial charge in [-0.1, -0.05) is 6.92 Å². The number of hydrogen-bond acceptors (Lipinski definition) is 10. The Hall–Kier alpha value is -0.400. The third kappa shape index (κ3) is 4.79. The summed E-state index contributed by atoms with van der Waals surface area (Å²) < 4.78 is 10.4. The van der Waals surface area contributed by atoms with E-state index in [0.29, 0.717) is 0 Å². The van der Waals surface area contributed by atoms with E-state index in [1.165, 1.54) is 0 Å². The van der Waals surface area contributed by atoms with Gasteiger partial charge in [0.2, 0.25) is 0 Å². The first-order chi connectivity index (χ1) is 10.8. The van der Waals surface area contributed by atoms with E-state index in [9.17, 15) is 30.6 Å². The van der Waals surface area contributed by atoms with Crippen LogP contribution in [-0.2, 0) is 9.47 Å². The monoisotopic (exact) mass is 342 g/mol. The highest BCUT2D eigenvalue weighted by Gasteiger charge is 2.46. The molecule has 0 aromatic carbocycles. The second-order valence-corrected chi connectivity index (χ2v) is 5.51. The zero-order valence-electron chi connectivity index (χ0n) is 12.7. The van der Waals surface area contributed by atoms with E-state index in [2.05, 4.69) is 0 Å². The van der Waals surface area contributed by atoms with Gasteiger partial charge in [-0.15, -0.1) is 0 Å². The van der Waals surface area contributed by atoms with Crippen LogP contribution in [-0.4, -0.2) is 109 Å². The lowest BCUT2D eigenvalue weighted by molar-refractivity contribution is -0.326. The largest absolute Gasteiger partial charge is 0.394 e. The van der Waals surface area contributed by atoms with Crippen LogP contribution in [0, 0.1) is 0 Å². The van der Waals surface area contributed by atoms with Gasteiger partial charge in [-0.2, -0.15) is 0 Å². The van der Waals surface area contributed by atoms with Gasteiger partial charge in [0.15, 0.2) is 6.29 Å². The summed E-state index contributed by atoms with van der Waals surface area (Å²) in [6.07, 6.45) is -13.6. The van der Waals surface area contributed by atoms with E-state index in [1.807, 2.05) is 0 Å². The van der Waals surface area contributed by atoms with E-state index >= 15 is 0 Å². The van der Waals surface area contributed by atoms with Crippen LogP contribution < -0.4 is 0 Å². The van der Waals surface area contributed by atoms with Gasteiger partial charge in [0.05, 0.1) is 19.3 Å². The van der Waals surface area contributed by atoms with Crippen LogP contribution in [0.15, 0.2) is 0 Å². The second-order valence-electron chi connectivity index (χ2n) is 5.51. The second kappa shape index (κ2) is 9.18. The van der Waals surface area contributed by atoms with Crippen molar-refractivity contribution in [2.24, 2.45) is 0 Å². The molecule has 0 amide bonds. The third-order valence-corrected chi connectivity index (χ3v) is 3.86. The summed E-state index contributed by atoms with van der Waals surface area (Å²) in [5.41, 5.74) is 0. The van der Waals surface area contributed by atoms with Crippen LogP contribution in [0.2, 0.25) is 0 Å². The Labute approximate surface area is 133 Å². The fourth-order valence-electron chi connectivity index (χ4n) is 2.29. The Morgan fingerprint density at radius 3 is 2.04 bits per heavy atom. The Kier molecular flexibility index (Phi) is 8.24. The lowest BCUT2D eigenvalue weighted by Gasteiger charge is -2.42. The Morgan fingerprint density at radius 1 is 0.957 bits per heavy atom. The molecule has 9 unspecified atom stereocenters. The molecule has 0 aromatic heterocycles. The van der Waals surface area contributed by atoms with E-state index in [4.69, 9.17) is 19.7 Å². The van der Waals surface area contributed by atoms with E-state index < -0.39 is 68.3 Å². The molecule has 0 aromatic rings. The van der Waals surface area contributed by atoms with Crippen molar-refractivity contribution < 1.29 is 50.3 Å². The van der Waals surface area contributed by atoms with Crippen LogP contribution in [0.3, 0.4) is 0 Å². The van der Waals surface area contributed by atoms with Gasteiger partial charge in [-0.05, 0) is 6.42 Å². The van der Waals surface area contributed by atoms with E-state index in [1.54, 1.807) is 6.92 Å². The summed E-state index contributed by atoms with van der Waals surface area (Å²) in [6.45, 7) is 0.131. The number of aliphatic hydroxyl groups excluding tert-OH is 8. The lowest BCUT2D eigenvalue weighted by Crippen LogP contribution is -2.61. The molecular weight excluding hydrogens is 316 g/mol. The van der Waals surface area contributed by atoms with Crippen LogP contribution in [0.5, 0.6) is 0 Å². The van der Waals surface area contributed by atoms with Gasteiger partial charge in [-0.25, -0.2) is 0 Å². The highest BCUT2D eigenvalue weighted by Crippen LogP contribution is 2.25. The predicted octanol–water partition coefficient (Wildman–Crippen LogP) is -4.34. The van der Waals surface area contributed by atoms with Crippen molar-refractivity contribution in [3.8, 4) is 0 Å². The lowest BCUT2D eigenvalue weighted by atomic mass is 9.98. The molecule has 23 heavy (non-hydrogen) atoms. The number of ether oxygens (including phenoxy) is 2. The van der Waals surface area contributed by atoms with Crippen molar-refractivity contribution in [2.45, 2.75) is 68.5 Å². The highest BCUT2D eigenvalue weighted by molar-refractivity contribution is 4.91. The van der Waals surface area contributed by atoms with E-state index in [-0.39, 0.29) is 6.42 Å². The fourth-order valence-corrected chi connectivity index (χ4v) is 2.29. The van der Waals surface area contributed by atoms with Gasteiger partial charge in [0, 0.05) is 0 Å². The molecule has 0 spiro atoms. The Bertz CT molecular complexity index is 341. The van der Waals surface area contributed by atoms with Gasteiger partial charge in [0.1, 0.15) is 42.7 Å². The molecule has 0 bridgehead atoms. The number of hydrogen-bond donors (Lipinski definition) is 8. The molecule has 1 aliphatic heterocycles. The molecular formula is C13H26O10. The molecule has 10 heteroatoms. The average molecular weight is 342 g/mol. The number of rotatable bonds is 8. The normalized spacial score (nSPS) is 37.2. The minimum Gasteiger partial charge on any atom is -0.394 e. The first kappa shape index (κ1) is 20.6. The van der Waals surface area contributed by atoms with Gasteiger partial charge in [-0.3, -0.25) is 0 Å². The predicted molar refractivity (Wildman–Crippen MR) is 74.0 cm³/mol. The minimum absolute atomic E-state index is 0.122. The Morgan fingerprint density at radius 2 is 1.57 bits per heavy atom. The molecule has 9 atom stereocenters. The Balaban J connectivity index is 2.89. The van der Waals surface area contributed by atoms with E-state index in [0.717, 1.165) is 0 Å². The van der Waals surface area contributed by atoms with Crippen molar-refractivity contribution >= 4 is 0 Å². The standard InChI is InChI=1S/C13H26O10/c1-2-5(16)12(8(18)6(17)3-14)23-13-11(21)10(20)9(19)7(4-15)22-13/h5-21H,2-4H2,1H3. The molecule has 1 saturated heterocycles. The van der Waals surface area contributed by atoms with Gasteiger partial charge in [0.25, 0.3) is 0 Å². The van der Waals surface area contributed by atoms with Crippen LogP contribution in [0.1, 0.15) is 13.3 Å². The summed E-state index contributed by atoms with van der Waals surface area (Å²) in [5, 5.41) is 76.6. The summed E-state index contributed by atoms with van der Waals surface area (Å²) >= 11 is 0. The van der Waals surface area contributed by atoms with Crippen LogP contribution in [0.25, 0.3) is 0 Å². The van der Waals surface area contributed by atoms with Gasteiger partial charge >= 0.3 is 0 Å². The van der Waals surface area contributed by atoms with Crippen LogP contribution in [0.4, 0.5) is 0 Å². The van der Waals surface area contributed by atoms with Crippen molar-refractivity contribution in [1.29, 1.82) is 0 Å². The zero-order chi connectivity index (χ0) is 17.7. The fraction of sp³-hybridized carbons (Fsp3) is 1.00. The molecule has 0 saturated carbocycles. The summed E-state index contributed by atoms with van der Waals surface area (Å²) in [4.78, 5) is 0. The van der Waals surface area contributed by atoms with Crippen molar-refractivity contribution in [2.75, 3.05) is 13.2 Å². The summed E-state index contributed by atoms with van der Waals surface area (Å²) in [7, 11) is 0. The molecule has 138 valence electrons. The van der Waals surface area contributed by atoms with Gasteiger partial charge < -0.3 is 50.3 Å². The molecule has 8 N–H and O–H groups in total. The molecule has 1 rings (SSSR count). The molecule has 0 radical (unpaired) electrons. The van der Waals surface area contributed by atoms with Crippen molar-refractivity contribution in [3.05, 3.63) is 0 Å². The summed E-state index contributed by atoms with van der Waals surface area (Å²) in [5.74, 6) is 0. The number of aliphatic hydroxyl groups is 8. The smallest absolute Gasteiger partial charge is 0.187 e.